The number of anilines is 2. The molecule has 0 saturated carbocycles. The summed E-state index contributed by atoms with van der Waals surface area (Å²) < 4.78 is 33.7. The van der Waals surface area contributed by atoms with Crippen molar-refractivity contribution < 1.29 is 17.9 Å². The van der Waals surface area contributed by atoms with Gasteiger partial charge in [-0.25, -0.2) is 13.4 Å². The van der Waals surface area contributed by atoms with Gasteiger partial charge in [0, 0.05) is 24.3 Å². The van der Waals surface area contributed by atoms with Crippen molar-refractivity contribution in [3.05, 3.63) is 48.0 Å². The number of aliphatic imine (C=N–C) groups is 1. The number of nitrogens with one attached hydrogen (secondary N) is 2. The predicted molar refractivity (Wildman–Crippen MR) is 133 cm³/mol. The summed E-state index contributed by atoms with van der Waals surface area (Å²) in [6.07, 6.45) is 0. The molecule has 2 N–H and O–H groups in total. The summed E-state index contributed by atoms with van der Waals surface area (Å²) in [5.41, 5.74) is 2.00. The number of morpholine rings is 1. The molecular weight excluding hydrogens is 474 g/mol. The third-order valence-electron chi connectivity index (χ3n) is 5.76. The number of thiazole rings is 1. The van der Waals surface area contributed by atoms with E-state index in [0.717, 1.165) is 28.4 Å². The standard InChI is InChI=1S/C23H25N5O4S2/c1-14(2)20(26-21-16-5-3-4-6-19(16)34(30,31)27-21)22(29)24-15-7-8-17-18(13-15)33-23(25-17)28-9-11-32-12-10-28/h3-8,13-14,20H,9-12H2,1-2H3,(H,24,29)(H,26,27)/t20-/m0/s1. The van der Waals surface area contributed by atoms with Gasteiger partial charge in [0.05, 0.1) is 28.3 Å². The third kappa shape index (κ3) is 4.38. The minimum Gasteiger partial charge on any atom is -0.378 e. The average Bonchev–Trinajstić information content (AvgIpc) is 3.36. The maximum atomic E-state index is 13.2. The van der Waals surface area contributed by atoms with Gasteiger partial charge in [0.2, 0.25) is 5.91 Å². The van der Waals surface area contributed by atoms with Crippen LogP contribution in [-0.2, 0) is 19.6 Å². The number of carbonyl (C=O) groups is 1. The zero-order chi connectivity index (χ0) is 23.9. The number of aromatic nitrogens is 1. The Balaban J connectivity index is 1.38. The van der Waals surface area contributed by atoms with Crippen LogP contribution in [0.1, 0.15) is 19.4 Å². The Morgan fingerprint density at radius 1 is 1.21 bits per heavy atom. The SMILES string of the molecule is CC(C)[C@H](N=C1NS(=O)(=O)c2ccccc21)C(=O)Nc1ccc2nc(N3CCOCC3)sc2c1. The largest absolute Gasteiger partial charge is 0.378 e. The lowest BCUT2D eigenvalue weighted by Gasteiger charge is -2.25. The summed E-state index contributed by atoms with van der Waals surface area (Å²) in [6, 6.07) is 11.5. The van der Waals surface area contributed by atoms with Crippen molar-refractivity contribution in [2.75, 3.05) is 36.5 Å². The highest BCUT2D eigenvalue weighted by atomic mass is 32.2. The first-order valence-corrected chi connectivity index (χ1v) is 13.4. The van der Waals surface area contributed by atoms with E-state index in [9.17, 15) is 13.2 Å². The number of nitrogens with zero attached hydrogens (tertiary/aromatic N) is 3. The fraction of sp³-hybridized carbons (Fsp3) is 0.348. The van der Waals surface area contributed by atoms with E-state index in [-0.39, 0.29) is 22.6 Å². The molecule has 2 aromatic carbocycles. The number of fused-ring (bicyclic) bond motifs is 2. The molecule has 3 heterocycles. The molecule has 1 fully saturated rings. The van der Waals surface area contributed by atoms with Gasteiger partial charge in [0.25, 0.3) is 10.0 Å². The van der Waals surface area contributed by atoms with E-state index in [2.05, 4.69) is 19.9 Å². The van der Waals surface area contributed by atoms with Gasteiger partial charge >= 0.3 is 0 Å². The Hall–Kier alpha value is -3.02. The van der Waals surface area contributed by atoms with E-state index in [0.29, 0.717) is 24.5 Å². The summed E-state index contributed by atoms with van der Waals surface area (Å²) in [5.74, 6) is -0.259. The molecule has 0 unspecified atom stereocenters. The zero-order valence-electron chi connectivity index (χ0n) is 18.8. The molecule has 11 heteroatoms. The van der Waals surface area contributed by atoms with Gasteiger partial charge in [0.1, 0.15) is 11.9 Å². The summed E-state index contributed by atoms with van der Waals surface area (Å²) in [5, 5.41) is 3.89. The lowest BCUT2D eigenvalue weighted by molar-refractivity contribution is -0.118. The molecule has 1 saturated heterocycles. The number of rotatable bonds is 5. The van der Waals surface area contributed by atoms with E-state index in [1.54, 1.807) is 29.5 Å². The van der Waals surface area contributed by atoms with Crippen LogP contribution in [0, 0.1) is 5.92 Å². The first-order chi connectivity index (χ1) is 16.3. The smallest absolute Gasteiger partial charge is 0.263 e. The van der Waals surface area contributed by atoms with Crippen molar-refractivity contribution in [3.63, 3.8) is 0 Å². The molecule has 1 atom stereocenters. The predicted octanol–water partition coefficient (Wildman–Crippen LogP) is 2.83. The molecule has 9 nitrogen and oxygen atoms in total. The molecule has 1 aromatic heterocycles. The van der Waals surface area contributed by atoms with Crippen LogP contribution < -0.4 is 14.9 Å². The summed E-state index contributed by atoms with van der Waals surface area (Å²) in [7, 11) is -3.67. The number of benzene rings is 2. The highest BCUT2D eigenvalue weighted by Gasteiger charge is 2.32. The molecule has 1 amide bonds. The first kappa shape index (κ1) is 22.8. The molecule has 0 radical (unpaired) electrons. The van der Waals surface area contributed by atoms with E-state index in [1.165, 1.54) is 6.07 Å². The van der Waals surface area contributed by atoms with Gasteiger partial charge in [-0.05, 0) is 36.2 Å². The summed E-state index contributed by atoms with van der Waals surface area (Å²) in [6.45, 7) is 6.77. The second-order valence-electron chi connectivity index (χ2n) is 8.54. The molecule has 5 rings (SSSR count). The molecule has 178 valence electrons. The quantitative estimate of drug-likeness (QED) is 0.558. The molecule has 2 aliphatic rings. The molecule has 0 bridgehead atoms. The van der Waals surface area contributed by atoms with Crippen LogP contribution in [0.15, 0.2) is 52.4 Å². The van der Waals surface area contributed by atoms with Crippen molar-refractivity contribution in [2.45, 2.75) is 24.8 Å². The van der Waals surface area contributed by atoms with E-state index >= 15 is 0 Å². The fourth-order valence-corrected chi connectivity index (χ4v) is 6.27. The fourth-order valence-electron chi connectivity index (χ4n) is 3.98. The average molecular weight is 500 g/mol. The zero-order valence-corrected chi connectivity index (χ0v) is 20.4. The minimum atomic E-state index is -3.67. The third-order valence-corrected chi connectivity index (χ3v) is 8.23. The minimum absolute atomic E-state index is 0.148. The molecular formula is C23H25N5O4S2. The van der Waals surface area contributed by atoms with E-state index in [4.69, 9.17) is 9.72 Å². The van der Waals surface area contributed by atoms with E-state index in [1.807, 2.05) is 32.0 Å². The van der Waals surface area contributed by atoms with Crippen LogP contribution in [0.4, 0.5) is 10.8 Å². The van der Waals surface area contributed by atoms with Crippen molar-refractivity contribution in [3.8, 4) is 0 Å². The lowest BCUT2D eigenvalue weighted by Crippen LogP contribution is -2.36. The highest BCUT2D eigenvalue weighted by molar-refractivity contribution is 7.90. The molecule has 3 aromatic rings. The lowest BCUT2D eigenvalue weighted by atomic mass is 10.0. The van der Waals surface area contributed by atoms with E-state index < -0.39 is 16.1 Å². The number of hydrogen-bond acceptors (Lipinski definition) is 8. The highest BCUT2D eigenvalue weighted by Crippen LogP contribution is 2.31. The van der Waals surface area contributed by atoms with Crippen LogP contribution in [-0.4, -0.2) is 57.5 Å². The van der Waals surface area contributed by atoms with Gasteiger partial charge in [-0.2, -0.15) is 0 Å². The molecule has 2 aliphatic heterocycles. The van der Waals surface area contributed by atoms with Crippen LogP contribution in [0.25, 0.3) is 10.2 Å². The Morgan fingerprint density at radius 2 is 1.97 bits per heavy atom. The topological polar surface area (TPSA) is 113 Å². The van der Waals surface area contributed by atoms with Crippen molar-refractivity contribution in [1.82, 2.24) is 9.71 Å². The summed E-state index contributed by atoms with van der Waals surface area (Å²) >= 11 is 1.58. The maximum absolute atomic E-state index is 13.2. The monoisotopic (exact) mass is 499 g/mol. The summed E-state index contributed by atoms with van der Waals surface area (Å²) in [4.78, 5) is 24.8. The van der Waals surface area contributed by atoms with Crippen LogP contribution in [0.2, 0.25) is 0 Å². The van der Waals surface area contributed by atoms with Gasteiger partial charge < -0.3 is 15.0 Å². The Kier molecular flexibility index (Phi) is 6.00. The Labute approximate surface area is 201 Å². The Bertz CT molecular complexity index is 1380. The second-order valence-corrected chi connectivity index (χ2v) is 11.2. The van der Waals surface area contributed by atoms with Gasteiger partial charge in [-0.3, -0.25) is 14.5 Å². The molecule has 34 heavy (non-hydrogen) atoms. The van der Waals surface area contributed by atoms with Crippen LogP contribution in [0.3, 0.4) is 0 Å². The number of ether oxygens (including phenoxy) is 1. The number of carbonyl (C=O) groups excluding carboxylic acids is 1. The normalized spacial score (nSPS) is 19.3. The molecule has 0 spiro atoms. The Morgan fingerprint density at radius 3 is 2.74 bits per heavy atom. The number of amidine groups is 1. The number of sulfonamides is 1. The number of hydrogen-bond donors (Lipinski definition) is 2. The molecule has 0 aliphatic carbocycles. The van der Waals surface area contributed by atoms with Gasteiger partial charge in [-0.15, -0.1) is 0 Å². The number of amides is 1. The van der Waals surface area contributed by atoms with Crippen molar-refractivity contribution >= 4 is 54.1 Å². The van der Waals surface area contributed by atoms with Crippen LogP contribution in [0.5, 0.6) is 0 Å². The first-order valence-electron chi connectivity index (χ1n) is 11.1. The van der Waals surface area contributed by atoms with Crippen molar-refractivity contribution in [2.24, 2.45) is 10.9 Å². The maximum Gasteiger partial charge on any atom is 0.263 e. The second kappa shape index (κ2) is 8.97. The van der Waals surface area contributed by atoms with Crippen LogP contribution >= 0.6 is 11.3 Å². The van der Waals surface area contributed by atoms with Gasteiger partial charge in [0.15, 0.2) is 5.13 Å². The van der Waals surface area contributed by atoms with Crippen molar-refractivity contribution in [1.29, 1.82) is 0 Å². The van der Waals surface area contributed by atoms with Gasteiger partial charge in [-0.1, -0.05) is 37.3 Å².